The summed E-state index contributed by atoms with van der Waals surface area (Å²) < 4.78 is 0. The molecule has 1 heteroatoms. The van der Waals surface area contributed by atoms with Crippen LogP contribution in [0, 0.1) is 17.8 Å². The van der Waals surface area contributed by atoms with Crippen molar-refractivity contribution < 1.29 is 4.79 Å². The number of carbonyl (C=O) groups excluding carboxylic acids is 1. The topological polar surface area (TPSA) is 17.1 Å². The molecule has 0 aliphatic heterocycles. The Bertz CT molecular complexity index is 156. The molecule has 0 spiro atoms. The van der Waals surface area contributed by atoms with Crippen molar-refractivity contribution in [2.75, 3.05) is 0 Å². The van der Waals surface area contributed by atoms with Crippen molar-refractivity contribution >= 4 is 5.78 Å². The predicted molar refractivity (Wildman–Crippen MR) is 51.0 cm³/mol. The Labute approximate surface area is 75.5 Å². The zero-order valence-corrected chi connectivity index (χ0v) is 8.47. The summed E-state index contributed by atoms with van der Waals surface area (Å²) in [6, 6.07) is 0. The fraction of sp³-hybridized carbons (Fsp3) is 0.909. The summed E-state index contributed by atoms with van der Waals surface area (Å²) in [6.45, 7) is 6.08. The van der Waals surface area contributed by atoms with E-state index in [9.17, 15) is 4.79 Å². The van der Waals surface area contributed by atoms with Gasteiger partial charge >= 0.3 is 0 Å². The summed E-state index contributed by atoms with van der Waals surface area (Å²) in [6.07, 6.45) is 5.23. The number of rotatable bonds is 4. The molecule has 0 radical (unpaired) electrons. The third-order valence-corrected chi connectivity index (χ3v) is 2.97. The zero-order chi connectivity index (χ0) is 9.14. The molecule has 1 saturated carbocycles. The maximum Gasteiger partial charge on any atom is 0.138 e. The van der Waals surface area contributed by atoms with Gasteiger partial charge in [0.25, 0.3) is 0 Å². The molecular weight excluding hydrogens is 148 g/mol. The monoisotopic (exact) mass is 168 g/mol. The lowest BCUT2D eigenvalue weighted by molar-refractivity contribution is -0.126. The summed E-state index contributed by atoms with van der Waals surface area (Å²) >= 11 is 0. The van der Waals surface area contributed by atoms with E-state index in [0.717, 1.165) is 12.3 Å². The average Bonchev–Trinajstić information content (AvgIpc) is 1.94. The van der Waals surface area contributed by atoms with Gasteiger partial charge in [-0.3, -0.25) is 4.79 Å². The first-order valence-electron chi connectivity index (χ1n) is 5.15. The molecule has 70 valence electrons. The second-order valence-corrected chi connectivity index (χ2v) is 4.49. The van der Waals surface area contributed by atoms with Gasteiger partial charge < -0.3 is 0 Å². The Balaban J connectivity index is 2.26. The summed E-state index contributed by atoms with van der Waals surface area (Å²) in [5.41, 5.74) is 0. The molecule has 12 heavy (non-hydrogen) atoms. The molecule has 0 saturated heterocycles. The highest BCUT2D eigenvalue weighted by molar-refractivity contribution is 5.82. The number of Topliss-reactive ketones (excluding diaryl/α,β-unsaturated/α-hetero) is 1. The van der Waals surface area contributed by atoms with E-state index in [1.54, 1.807) is 0 Å². The molecule has 0 heterocycles. The van der Waals surface area contributed by atoms with Crippen LogP contribution >= 0.6 is 0 Å². The number of hydrogen-bond acceptors (Lipinski definition) is 1. The fourth-order valence-corrected chi connectivity index (χ4v) is 1.91. The van der Waals surface area contributed by atoms with Crippen LogP contribution in [0.5, 0.6) is 0 Å². The summed E-state index contributed by atoms with van der Waals surface area (Å²) in [4.78, 5) is 11.5. The molecule has 1 atom stereocenters. The van der Waals surface area contributed by atoms with Gasteiger partial charge in [0, 0.05) is 11.8 Å². The van der Waals surface area contributed by atoms with E-state index in [2.05, 4.69) is 6.92 Å². The molecule has 1 rings (SSSR count). The molecule has 0 aromatic carbocycles. The smallest absolute Gasteiger partial charge is 0.138 e. The van der Waals surface area contributed by atoms with Gasteiger partial charge in [0.2, 0.25) is 0 Å². The Kier molecular flexibility index (Phi) is 3.30. The van der Waals surface area contributed by atoms with E-state index >= 15 is 0 Å². The third kappa shape index (κ3) is 2.33. The Morgan fingerprint density at radius 1 is 1.33 bits per heavy atom. The van der Waals surface area contributed by atoms with Gasteiger partial charge in [-0.25, -0.2) is 0 Å². The van der Waals surface area contributed by atoms with Crippen LogP contribution in [0.25, 0.3) is 0 Å². The molecule has 0 N–H and O–H groups in total. The van der Waals surface area contributed by atoms with Crippen molar-refractivity contribution in [2.24, 2.45) is 17.8 Å². The predicted octanol–water partition coefficient (Wildman–Crippen LogP) is 3.04. The maximum absolute atomic E-state index is 11.5. The molecule has 1 nitrogen and oxygen atoms in total. The normalized spacial score (nSPS) is 20.7. The molecule has 0 aromatic heterocycles. The first-order chi connectivity index (χ1) is 5.61. The molecule has 0 aromatic rings. The largest absolute Gasteiger partial charge is 0.299 e. The van der Waals surface area contributed by atoms with Gasteiger partial charge in [-0.15, -0.1) is 0 Å². The van der Waals surface area contributed by atoms with Crippen LogP contribution < -0.4 is 0 Å². The van der Waals surface area contributed by atoms with Crippen molar-refractivity contribution in [3.8, 4) is 0 Å². The van der Waals surface area contributed by atoms with Gasteiger partial charge in [0.15, 0.2) is 0 Å². The standard InChI is InChI=1S/C11H20O/c1-8(2)11(12)9(3)7-10-5-4-6-10/h8-10H,4-7H2,1-3H3. The third-order valence-electron chi connectivity index (χ3n) is 2.97. The van der Waals surface area contributed by atoms with E-state index in [-0.39, 0.29) is 5.92 Å². The Morgan fingerprint density at radius 3 is 2.25 bits per heavy atom. The van der Waals surface area contributed by atoms with E-state index in [0.29, 0.717) is 11.7 Å². The van der Waals surface area contributed by atoms with Crippen LogP contribution in [0.4, 0.5) is 0 Å². The second kappa shape index (κ2) is 4.06. The van der Waals surface area contributed by atoms with E-state index in [1.165, 1.54) is 19.3 Å². The van der Waals surface area contributed by atoms with Gasteiger partial charge in [0.05, 0.1) is 0 Å². The number of hydrogen-bond donors (Lipinski definition) is 0. The van der Waals surface area contributed by atoms with E-state index < -0.39 is 0 Å². The van der Waals surface area contributed by atoms with Gasteiger partial charge in [-0.1, -0.05) is 40.0 Å². The average molecular weight is 168 g/mol. The SMILES string of the molecule is CC(C)C(=O)C(C)CC1CCC1. The van der Waals surface area contributed by atoms with Crippen LogP contribution in [-0.4, -0.2) is 5.78 Å². The van der Waals surface area contributed by atoms with E-state index in [1.807, 2.05) is 13.8 Å². The molecular formula is C11H20O. The van der Waals surface area contributed by atoms with Crippen molar-refractivity contribution in [3.63, 3.8) is 0 Å². The number of ketones is 1. The lowest BCUT2D eigenvalue weighted by atomic mass is 9.77. The quantitative estimate of drug-likeness (QED) is 0.630. The van der Waals surface area contributed by atoms with Crippen molar-refractivity contribution in [1.29, 1.82) is 0 Å². The van der Waals surface area contributed by atoms with Crippen molar-refractivity contribution in [2.45, 2.75) is 46.5 Å². The van der Waals surface area contributed by atoms with Crippen LogP contribution in [-0.2, 0) is 4.79 Å². The second-order valence-electron chi connectivity index (χ2n) is 4.49. The highest BCUT2D eigenvalue weighted by Crippen LogP contribution is 2.32. The molecule has 0 bridgehead atoms. The minimum Gasteiger partial charge on any atom is -0.299 e. The molecule has 1 aliphatic carbocycles. The maximum atomic E-state index is 11.5. The minimum absolute atomic E-state index is 0.222. The van der Waals surface area contributed by atoms with Gasteiger partial charge in [0.1, 0.15) is 5.78 Å². The summed E-state index contributed by atoms with van der Waals surface area (Å²) in [5.74, 6) is 1.83. The van der Waals surface area contributed by atoms with Gasteiger partial charge in [-0.2, -0.15) is 0 Å². The Hall–Kier alpha value is -0.330. The summed E-state index contributed by atoms with van der Waals surface area (Å²) in [5, 5.41) is 0. The lowest BCUT2D eigenvalue weighted by Crippen LogP contribution is -2.22. The fourth-order valence-electron chi connectivity index (χ4n) is 1.91. The molecule has 1 fully saturated rings. The van der Waals surface area contributed by atoms with Crippen molar-refractivity contribution in [1.82, 2.24) is 0 Å². The molecule has 1 unspecified atom stereocenters. The van der Waals surface area contributed by atoms with Crippen LogP contribution in [0.1, 0.15) is 46.5 Å². The first-order valence-corrected chi connectivity index (χ1v) is 5.15. The zero-order valence-electron chi connectivity index (χ0n) is 8.47. The highest BCUT2D eigenvalue weighted by Gasteiger charge is 2.24. The van der Waals surface area contributed by atoms with Crippen LogP contribution in [0.15, 0.2) is 0 Å². The lowest BCUT2D eigenvalue weighted by Gasteiger charge is -2.28. The molecule has 1 aliphatic rings. The van der Waals surface area contributed by atoms with Crippen LogP contribution in [0.3, 0.4) is 0 Å². The summed E-state index contributed by atoms with van der Waals surface area (Å²) in [7, 11) is 0. The highest BCUT2D eigenvalue weighted by atomic mass is 16.1. The molecule has 0 amide bonds. The van der Waals surface area contributed by atoms with Crippen molar-refractivity contribution in [3.05, 3.63) is 0 Å². The minimum atomic E-state index is 0.222. The van der Waals surface area contributed by atoms with Crippen LogP contribution in [0.2, 0.25) is 0 Å². The van der Waals surface area contributed by atoms with Gasteiger partial charge in [-0.05, 0) is 12.3 Å². The van der Waals surface area contributed by atoms with E-state index in [4.69, 9.17) is 0 Å². The first kappa shape index (κ1) is 9.76. The Morgan fingerprint density at radius 2 is 1.92 bits per heavy atom. The number of carbonyl (C=O) groups is 1.